The first kappa shape index (κ1) is 13.2. The Kier molecular flexibility index (Phi) is 3.02. The summed E-state index contributed by atoms with van der Waals surface area (Å²) >= 11 is 0. The zero-order valence-corrected chi connectivity index (χ0v) is 12.3. The maximum Gasteiger partial charge on any atom is 0.514 e. The topological polar surface area (TPSA) is 36.3 Å². The Bertz CT molecular complexity index is 450. The molecule has 1 aromatic rings. The van der Waals surface area contributed by atoms with Crippen LogP contribution in [0.15, 0.2) is 12.3 Å². The van der Waals surface area contributed by atoms with Gasteiger partial charge in [-0.2, -0.15) is 5.10 Å². The van der Waals surface area contributed by atoms with E-state index in [1.807, 2.05) is 12.3 Å². The Morgan fingerprint density at radius 2 is 1.89 bits per heavy atom. The molecule has 0 aromatic carbocycles. The Hall–Kier alpha value is -0.805. The molecule has 0 bridgehead atoms. The first-order valence-electron chi connectivity index (χ1n) is 7.26. The minimum atomic E-state index is -0.299. The molecule has 0 N–H and O–H groups in total. The van der Waals surface area contributed by atoms with Crippen LogP contribution in [-0.4, -0.2) is 28.1 Å². The average Bonchev–Trinajstić information content (AvgIpc) is 2.76. The molecule has 104 valence electrons. The molecule has 1 aliphatic heterocycles. The van der Waals surface area contributed by atoms with Crippen molar-refractivity contribution in [2.45, 2.75) is 64.7 Å². The Morgan fingerprint density at radius 1 is 1.26 bits per heavy atom. The van der Waals surface area contributed by atoms with Crippen LogP contribution in [0.2, 0.25) is 0 Å². The van der Waals surface area contributed by atoms with Crippen molar-refractivity contribution in [3.63, 3.8) is 0 Å². The van der Waals surface area contributed by atoms with E-state index in [0.717, 1.165) is 18.1 Å². The van der Waals surface area contributed by atoms with E-state index in [9.17, 15) is 0 Å². The highest BCUT2D eigenvalue weighted by Gasteiger charge is 2.52. The molecule has 2 heterocycles. The predicted octanol–water partition coefficient (Wildman–Crippen LogP) is 1.98. The van der Waals surface area contributed by atoms with Gasteiger partial charge in [0.2, 0.25) is 0 Å². The third-order valence-corrected chi connectivity index (χ3v) is 4.90. The van der Waals surface area contributed by atoms with Crippen LogP contribution >= 0.6 is 0 Å². The van der Waals surface area contributed by atoms with Crippen molar-refractivity contribution in [2.24, 2.45) is 5.92 Å². The van der Waals surface area contributed by atoms with E-state index in [2.05, 4.69) is 37.5 Å². The van der Waals surface area contributed by atoms with Gasteiger partial charge in [0.15, 0.2) is 0 Å². The molecule has 3 rings (SSSR count). The van der Waals surface area contributed by atoms with Gasteiger partial charge in [0, 0.05) is 12.7 Å². The van der Waals surface area contributed by atoms with Crippen LogP contribution in [0.3, 0.4) is 0 Å². The molecule has 0 unspecified atom stereocenters. The van der Waals surface area contributed by atoms with Crippen molar-refractivity contribution >= 4 is 12.7 Å². The fourth-order valence-corrected chi connectivity index (χ4v) is 2.58. The van der Waals surface area contributed by atoms with Gasteiger partial charge < -0.3 is 9.31 Å². The normalized spacial score (nSPS) is 25.6. The molecule has 1 saturated carbocycles. The number of hydrogen-bond acceptors (Lipinski definition) is 3. The SMILES string of the molecule is CC1(C)OB(c2ccnn2CC2CCC2)OC1(C)C. The highest BCUT2D eigenvalue weighted by Crippen LogP contribution is 2.36. The van der Waals surface area contributed by atoms with E-state index in [4.69, 9.17) is 9.31 Å². The Labute approximate surface area is 115 Å². The minimum Gasteiger partial charge on any atom is -0.398 e. The standard InChI is InChI=1S/C14H23BN2O2/c1-13(2)14(3,4)19-15(18-13)12-8-9-16-17(12)10-11-6-5-7-11/h8-9,11H,5-7,10H2,1-4H3. The molecule has 2 aliphatic rings. The van der Waals surface area contributed by atoms with Crippen molar-refractivity contribution in [1.29, 1.82) is 0 Å². The van der Waals surface area contributed by atoms with Crippen LogP contribution in [0.25, 0.3) is 0 Å². The van der Waals surface area contributed by atoms with E-state index in [1.165, 1.54) is 19.3 Å². The van der Waals surface area contributed by atoms with Crippen molar-refractivity contribution < 1.29 is 9.31 Å². The fraction of sp³-hybridized carbons (Fsp3) is 0.786. The number of aromatic nitrogens is 2. The van der Waals surface area contributed by atoms with Crippen LogP contribution < -0.4 is 5.59 Å². The van der Waals surface area contributed by atoms with Gasteiger partial charge in [-0.25, -0.2) is 0 Å². The van der Waals surface area contributed by atoms with Crippen molar-refractivity contribution in [3.8, 4) is 0 Å². The van der Waals surface area contributed by atoms with Crippen LogP contribution in [0.5, 0.6) is 0 Å². The number of rotatable bonds is 3. The molecular formula is C14H23BN2O2. The van der Waals surface area contributed by atoms with Gasteiger partial charge in [0.1, 0.15) is 0 Å². The average molecular weight is 262 g/mol. The van der Waals surface area contributed by atoms with Gasteiger partial charge in [-0.1, -0.05) is 6.42 Å². The molecule has 0 spiro atoms. The lowest BCUT2D eigenvalue weighted by Gasteiger charge is -2.32. The minimum absolute atomic E-state index is 0.288. The van der Waals surface area contributed by atoms with E-state index >= 15 is 0 Å². The van der Waals surface area contributed by atoms with E-state index in [0.29, 0.717) is 0 Å². The second-order valence-electron chi connectivity index (χ2n) is 6.82. The summed E-state index contributed by atoms with van der Waals surface area (Å²) in [5.41, 5.74) is 0.470. The second kappa shape index (κ2) is 4.35. The third-order valence-electron chi connectivity index (χ3n) is 4.90. The monoisotopic (exact) mass is 262 g/mol. The summed E-state index contributed by atoms with van der Waals surface area (Å²) in [5.74, 6) is 0.779. The largest absolute Gasteiger partial charge is 0.514 e. The molecule has 0 atom stereocenters. The first-order chi connectivity index (χ1) is 8.89. The lowest BCUT2D eigenvalue weighted by Crippen LogP contribution is -2.41. The van der Waals surface area contributed by atoms with Crippen molar-refractivity contribution in [2.75, 3.05) is 0 Å². The van der Waals surface area contributed by atoms with Crippen LogP contribution in [0, 0.1) is 5.92 Å². The van der Waals surface area contributed by atoms with E-state index in [-0.39, 0.29) is 18.3 Å². The Morgan fingerprint density at radius 3 is 2.42 bits per heavy atom. The Balaban J connectivity index is 1.78. The van der Waals surface area contributed by atoms with Gasteiger partial charge in [-0.3, -0.25) is 4.68 Å². The summed E-state index contributed by atoms with van der Waals surface area (Å²) in [7, 11) is -0.299. The summed E-state index contributed by atoms with van der Waals surface area (Å²) in [6.45, 7) is 9.32. The zero-order valence-electron chi connectivity index (χ0n) is 12.3. The number of nitrogens with zero attached hydrogens (tertiary/aromatic N) is 2. The van der Waals surface area contributed by atoms with E-state index < -0.39 is 0 Å². The van der Waals surface area contributed by atoms with Crippen molar-refractivity contribution in [1.82, 2.24) is 9.78 Å². The van der Waals surface area contributed by atoms with Crippen LogP contribution in [0.4, 0.5) is 0 Å². The summed E-state index contributed by atoms with van der Waals surface area (Å²) < 4.78 is 14.3. The molecule has 1 aliphatic carbocycles. The zero-order chi connectivity index (χ0) is 13.7. The maximum absolute atomic E-state index is 6.10. The quantitative estimate of drug-likeness (QED) is 0.781. The second-order valence-corrected chi connectivity index (χ2v) is 6.82. The maximum atomic E-state index is 6.10. The highest BCUT2D eigenvalue weighted by atomic mass is 16.7. The van der Waals surface area contributed by atoms with Crippen LogP contribution in [-0.2, 0) is 15.9 Å². The van der Waals surface area contributed by atoms with Gasteiger partial charge in [0.05, 0.1) is 16.8 Å². The first-order valence-corrected chi connectivity index (χ1v) is 7.26. The predicted molar refractivity (Wildman–Crippen MR) is 75.3 cm³/mol. The molecular weight excluding hydrogens is 239 g/mol. The molecule has 1 aromatic heterocycles. The molecule has 5 heteroatoms. The van der Waals surface area contributed by atoms with Gasteiger partial charge >= 0.3 is 7.12 Å². The molecule has 0 amide bonds. The van der Waals surface area contributed by atoms with Gasteiger partial charge in [0.25, 0.3) is 0 Å². The van der Waals surface area contributed by atoms with Gasteiger partial charge in [-0.05, 0) is 52.5 Å². The smallest absolute Gasteiger partial charge is 0.398 e. The van der Waals surface area contributed by atoms with E-state index in [1.54, 1.807) is 0 Å². The highest BCUT2D eigenvalue weighted by molar-refractivity contribution is 6.61. The molecule has 0 radical (unpaired) electrons. The lowest BCUT2D eigenvalue weighted by atomic mass is 9.82. The molecule has 4 nitrogen and oxygen atoms in total. The summed E-state index contributed by atoms with van der Waals surface area (Å²) in [6, 6.07) is 2.01. The summed E-state index contributed by atoms with van der Waals surface area (Å²) in [4.78, 5) is 0. The lowest BCUT2D eigenvalue weighted by molar-refractivity contribution is 0.00578. The number of hydrogen-bond donors (Lipinski definition) is 0. The summed E-state index contributed by atoms with van der Waals surface area (Å²) in [6.07, 6.45) is 5.85. The molecule has 2 fully saturated rings. The molecule has 1 saturated heterocycles. The van der Waals surface area contributed by atoms with Crippen molar-refractivity contribution in [3.05, 3.63) is 12.3 Å². The van der Waals surface area contributed by atoms with Crippen LogP contribution in [0.1, 0.15) is 47.0 Å². The molecule has 19 heavy (non-hydrogen) atoms. The van der Waals surface area contributed by atoms with Gasteiger partial charge in [-0.15, -0.1) is 0 Å². The fourth-order valence-electron chi connectivity index (χ4n) is 2.58. The summed E-state index contributed by atoms with van der Waals surface area (Å²) in [5, 5.41) is 4.43. The third kappa shape index (κ3) is 2.23.